The van der Waals surface area contributed by atoms with Gasteiger partial charge in [0.2, 0.25) is 0 Å². The third kappa shape index (κ3) is 3.06. The first-order valence-corrected chi connectivity index (χ1v) is 6.85. The highest BCUT2D eigenvalue weighted by Crippen LogP contribution is 2.33. The molecule has 0 fully saturated rings. The predicted octanol–water partition coefficient (Wildman–Crippen LogP) is 4.22. The summed E-state index contributed by atoms with van der Waals surface area (Å²) < 4.78 is 11.3. The number of aryl methyl sites for hydroxylation is 1. The highest BCUT2D eigenvalue weighted by atomic mass is 16.5. The number of allylic oxidation sites excluding steroid dienone is 1. The average Bonchev–Trinajstić information content (AvgIpc) is 2.62. The molecule has 0 aliphatic heterocycles. The topological polar surface area (TPSA) is 18.5 Å². The van der Waals surface area contributed by atoms with E-state index in [1.165, 1.54) is 17.5 Å². The van der Waals surface area contributed by atoms with Crippen LogP contribution >= 0.6 is 0 Å². The highest BCUT2D eigenvalue weighted by molar-refractivity contribution is 5.61. The molecule has 18 heavy (non-hydrogen) atoms. The molecule has 0 N–H and O–H groups in total. The molecule has 0 bridgehead atoms. The summed E-state index contributed by atoms with van der Waals surface area (Å²) in [7, 11) is 1.71. The van der Waals surface area contributed by atoms with Crippen LogP contribution in [0.2, 0.25) is 0 Å². The first-order chi connectivity index (χ1) is 8.85. The molecule has 0 saturated heterocycles. The van der Waals surface area contributed by atoms with Crippen molar-refractivity contribution < 1.29 is 9.47 Å². The van der Waals surface area contributed by atoms with Gasteiger partial charge in [0.25, 0.3) is 0 Å². The Hall–Kier alpha value is -1.44. The number of unbranched alkanes of at least 4 members (excludes halogenated alkanes) is 1. The molecular formula is C16H22O2. The van der Waals surface area contributed by atoms with Crippen molar-refractivity contribution in [2.75, 3.05) is 13.7 Å². The molecule has 0 spiro atoms. The van der Waals surface area contributed by atoms with Gasteiger partial charge in [-0.05, 0) is 48.9 Å². The standard InChI is InChI=1S/C16H22O2/c1-3-4-10-18-16-12-14-9-7-5-6-8-13(14)11-15(16)17-2/h7,9,11-12H,3-6,8,10H2,1-2H3. The van der Waals surface area contributed by atoms with E-state index in [4.69, 9.17) is 9.47 Å². The Balaban J connectivity index is 2.24. The Morgan fingerprint density at radius 2 is 2.11 bits per heavy atom. The largest absolute Gasteiger partial charge is 0.493 e. The van der Waals surface area contributed by atoms with Crippen LogP contribution in [0.3, 0.4) is 0 Å². The number of hydrogen-bond donors (Lipinski definition) is 0. The van der Waals surface area contributed by atoms with Crippen molar-refractivity contribution in [2.45, 2.75) is 39.0 Å². The third-order valence-corrected chi connectivity index (χ3v) is 3.30. The van der Waals surface area contributed by atoms with E-state index < -0.39 is 0 Å². The maximum atomic E-state index is 5.82. The van der Waals surface area contributed by atoms with Gasteiger partial charge in [0.15, 0.2) is 11.5 Å². The summed E-state index contributed by atoms with van der Waals surface area (Å²) in [5.74, 6) is 1.73. The van der Waals surface area contributed by atoms with Gasteiger partial charge in [-0.3, -0.25) is 0 Å². The zero-order valence-electron chi connectivity index (χ0n) is 11.4. The fourth-order valence-corrected chi connectivity index (χ4v) is 2.21. The number of fused-ring (bicyclic) bond motifs is 1. The smallest absolute Gasteiger partial charge is 0.161 e. The van der Waals surface area contributed by atoms with Crippen LogP contribution in [0.1, 0.15) is 43.7 Å². The van der Waals surface area contributed by atoms with E-state index in [-0.39, 0.29) is 0 Å². The predicted molar refractivity (Wildman–Crippen MR) is 75.4 cm³/mol. The van der Waals surface area contributed by atoms with Gasteiger partial charge >= 0.3 is 0 Å². The molecule has 1 aliphatic carbocycles. The van der Waals surface area contributed by atoms with Crippen LogP contribution in [-0.4, -0.2) is 13.7 Å². The summed E-state index contributed by atoms with van der Waals surface area (Å²) in [5.41, 5.74) is 2.64. The minimum Gasteiger partial charge on any atom is -0.493 e. The maximum absolute atomic E-state index is 5.82. The molecule has 0 unspecified atom stereocenters. The summed E-state index contributed by atoms with van der Waals surface area (Å²) in [5, 5.41) is 0. The SMILES string of the molecule is CCCCOc1cc2c(cc1OC)CCCC=C2. The number of benzene rings is 1. The van der Waals surface area contributed by atoms with Crippen LogP contribution in [0.25, 0.3) is 6.08 Å². The lowest BCUT2D eigenvalue weighted by molar-refractivity contribution is 0.288. The van der Waals surface area contributed by atoms with Gasteiger partial charge in [-0.2, -0.15) is 0 Å². The van der Waals surface area contributed by atoms with E-state index >= 15 is 0 Å². The van der Waals surface area contributed by atoms with Crippen molar-refractivity contribution in [3.63, 3.8) is 0 Å². The number of ether oxygens (including phenoxy) is 2. The monoisotopic (exact) mass is 246 g/mol. The minimum absolute atomic E-state index is 0.759. The minimum atomic E-state index is 0.759. The first kappa shape index (κ1) is 13.0. The van der Waals surface area contributed by atoms with Crippen LogP contribution in [-0.2, 0) is 6.42 Å². The summed E-state index contributed by atoms with van der Waals surface area (Å²) in [6, 6.07) is 4.25. The van der Waals surface area contributed by atoms with Crippen molar-refractivity contribution in [3.05, 3.63) is 29.3 Å². The van der Waals surface area contributed by atoms with E-state index in [0.29, 0.717) is 0 Å². The van der Waals surface area contributed by atoms with Crippen molar-refractivity contribution in [1.82, 2.24) is 0 Å². The molecule has 0 atom stereocenters. The molecular weight excluding hydrogens is 224 g/mol. The Morgan fingerprint density at radius 1 is 1.22 bits per heavy atom. The number of methoxy groups -OCH3 is 1. The zero-order chi connectivity index (χ0) is 12.8. The van der Waals surface area contributed by atoms with E-state index in [1.54, 1.807) is 7.11 Å². The lowest BCUT2D eigenvalue weighted by Gasteiger charge is -2.14. The molecule has 2 rings (SSSR count). The van der Waals surface area contributed by atoms with Crippen molar-refractivity contribution >= 4 is 6.08 Å². The van der Waals surface area contributed by atoms with Crippen LogP contribution in [0.15, 0.2) is 18.2 Å². The fourth-order valence-electron chi connectivity index (χ4n) is 2.21. The average molecular weight is 246 g/mol. The highest BCUT2D eigenvalue weighted by Gasteiger charge is 2.11. The molecule has 0 heterocycles. The molecule has 0 amide bonds. The van der Waals surface area contributed by atoms with Crippen LogP contribution < -0.4 is 9.47 Å². The van der Waals surface area contributed by atoms with Crippen LogP contribution in [0.4, 0.5) is 0 Å². The van der Waals surface area contributed by atoms with E-state index in [2.05, 4.69) is 31.2 Å². The molecule has 0 saturated carbocycles. The molecule has 0 aromatic heterocycles. The Morgan fingerprint density at radius 3 is 2.89 bits per heavy atom. The Kier molecular flexibility index (Phi) is 4.68. The quantitative estimate of drug-likeness (QED) is 0.724. The van der Waals surface area contributed by atoms with Crippen LogP contribution in [0.5, 0.6) is 11.5 Å². The normalized spacial score (nSPS) is 13.9. The molecule has 0 radical (unpaired) electrons. The van der Waals surface area contributed by atoms with E-state index in [9.17, 15) is 0 Å². The first-order valence-electron chi connectivity index (χ1n) is 6.85. The van der Waals surface area contributed by atoms with Crippen molar-refractivity contribution in [1.29, 1.82) is 0 Å². The zero-order valence-corrected chi connectivity index (χ0v) is 11.4. The van der Waals surface area contributed by atoms with Gasteiger partial charge in [-0.25, -0.2) is 0 Å². The second-order valence-corrected chi connectivity index (χ2v) is 4.70. The van der Waals surface area contributed by atoms with Gasteiger partial charge in [-0.1, -0.05) is 25.5 Å². The van der Waals surface area contributed by atoms with E-state index in [0.717, 1.165) is 43.8 Å². The summed E-state index contributed by atoms with van der Waals surface area (Å²) >= 11 is 0. The van der Waals surface area contributed by atoms with Crippen molar-refractivity contribution in [2.24, 2.45) is 0 Å². The van der Waals surface area contributed by atoms with Gasteiger partial charge < -0.3 is 9.47 Å². The van der Waals surface area contributed by atoms with Gasteiger partial charge in [-0.15, -0.1) is 0 Å². The second kappa shape index (κ2) is 6.48. The summed E-state index contributed by atoms with van der Waals surface area (Å²) in [4.78, 5) is 0. The van der Waals surface area contributed by atoms with Gasteiger partial charge in [0.05, 0.1) is 13.7 Å². The number of rotatable bonds is 5. The van der Waals surface area contributed by atoms with Gasteiger partial charge in [0.1, 0.15) is 0 Å². The summed E-state index contributed by atoms with van der Waals surface area (Å²) in [6.45, 7) is 2.93. The Labute approximate surface area is 110 Å². The molecule has 1 aromatic rings. The molecule has 1 aliphatic rings. The second-order valence-electron chi connectivity index (χ2n) is 4.70. The molecule has 2 nitrogen and oxygen atoms in total. The third-order valence-electron chi connectivity index (χ3n) is 3.30. The van der Waals surface area contributed by atoms with Gasteiger partial charge in [0, 0.05) is 0 Å². The Bertz CT molecular complexity index is 421. The number of hydrogen-bond acceptors (Lipinski definition) is 2. The van der Waals surface area contributed by atoms with Crippen LogP contribution in [0, 0.1) is 0 Å². The lowest BCUT2D eigenvalue weighted by Crippen LogP contribution is -2.00. The lowest BCUT2D eigenvalue weighted by atomic mass is 10.0. The summed E-state index contributed by atoms with van der Waals surface area (Å²) in [6.07, 6.45) is 10.2. The van der Waals surface area contributed by atoms with E-state index in [1.807, 2.05) is 0 Å². The molecule has 98 valence electrons. The fraction of sp³-hybridized carbons (Fsp3) is 0.500. The molecule has 2 heteroatoms. The molecule has 1 aromatic carbocycles. The van der Waals surface area contributed by atoms with Crippen molar-refractivity contribution in [3.8, 4) is 11.5 Å². The maximum Gasteiger partial charge on any atom is 0.161 e.